The molecule has 1 aromatic rings. The Bertz CT molecular complexity index is 297. The van der Waals surface area contributed by atoms with E-state index < -0.39 is 0 Å². The lowest BCUT2D eigenvalue weighted by Crippen LogP contribution is -1.99. The van der Waals surface area contributed by atoms with Crippen molar-refractivity contribution < 1.29 is 14.6 Å². The lowest BCUT2D eigenvalue weighted by atomic mass is 10.1. The molecule has 0 unspecified atom stereocenters. The van der Waals surface area contributed by atoms with Gasteiger partial charge in [0.1, 0.15) is 0 Å². The van der Waals surface area contributed by atoms with Crippen molar-refractivity contribution in [2.75, 3.05) is 20.3 Å². The first-order valence-corrected chi connectivity index (χ1v) is 5.23. The number of aliphatic hydroxyl groups excluding tert-OH is 1. The van der Waals surface area contributed by atoms with Crippen LogP contribution in [0.15, 0.2) is 18.2 Å². The molecule has 0 radical (unpaired) electrons. The van der Waals surface area contributed by atoms with Crippen molar-refractivity contribution in [3.63, 3.8) is 0 Å². The van der Waals surface area contributed by atoms with Crippen LogP contribution in [0.3, 0.4) is 0 Å². The number of aliphatic hydroxyl groups is 1. The van der Waals surface area contributed by atoms with Crippen LogP contribution in [0, 0.1) is 0 Å². The zero-order valence-electron chi connectivity index (χ0n) is 9.32. The molecule has 0 aliphatic heterocycles. The van der Waals surface area contributed by atoms with Gasteiger partial charge in [0.15, 0.2) is 11.5 Å². The van der Waals surface area contributed by atoms with Gasteiger partial charge in [-0.05, 0) is 31.4 Å². The Morgan fingerprint density at radius 1 is 1.33 bits per heavy atom. The number of aryl methyl sites for hydroxylation is 1. The highest BCUT2D eigenvalue weighted by Gasteiger charge is 2.08. The van der Waals surface area contributed by atoms with E-state index in [1.54, 1.807) is 7.11 Å². The number of methoxy groups -OCH3 is 1. The third-order valence-corrected chi connectivity index (χ3v) is 2.17. The maximum Gasteiger partial charge on any atom is 0.163 e. The molecule has 0 spiro atoms. The fourth-order valence-electron chi connectivity index (χ4n) is 1.53. The van der Waals surface area contributed by atoms with Gasteiger partial charge in [0.2, 0.25) is 0 Å². The lowest BCUT2D eigenvalue weighted by Gasteiger charge is -2.13. The Morgan fingerprint density at radius 2 is 2.13 bits per heavy atom. The van der Waals surface area contributed by atoms with Gasteiger partial charge in [-0.25, -0.2) is 0 Å². The fourth-order valence-corrected chi connectivity index (χ4v) is 1.53. The molecule has 3 nitrogen and oxygen atoms in total. The number of para-hydroxylation sites is 1. The summed E-state index contributed by atoms with van der Waals surface area (Å²) in [5.74, 6) is 1.56. The van der Waals surface area contributed by atoms with Crippen LogP contribution >= 0.6 is 0 Å². The van der Waals surface area contributed by atoms with Crippen molar-refractivity contribution in [2.45, 2.75) is 19.8 Å². The van der Waals surface area contributed by atoms with Gasteiger partial charge in [0.05, 0.1) is 13.7 Å². The smallest absolute Gasteiger partial charge is 0.163 e. The highest BCUT2D eigenvalue weighted by atomic mass is 16.5. The second-order valence-electron chi connectivity index (χ2n) is 3.21. The number of benzene rings is 1. The molecular weight excluding hydrogens is 192 g/mol. The number of hydrogen-bond donors (Lipinski definition) is 1. The molecule has 0 saturated heterocycles. The van der Waals surface area contributed by atoms with E-state index in [2.05, 4.69) is 0 Å². The minimum atomic E-state index is 0.196. The first-order chi connectivity index (χ1) is 7.33. The molecule has 0 amide bonds. The van der Waals surface area contributed by atoms with Crippen LogP contribution < -0.4 is 9.47 Å². The van der Waals surface area contributed by atoms with Gasteiger partial charge < -0.3 is 14.6 Å². The van der Waals surface area contributed by atoms with Crippen LogP contribution in [-0.2, 0) is 6.42 Å². The van der Waals surface area contributed by atoms with E-state index in [0.29, 0.717) is 6.61 Å². The molecule has 1 rings (SSSR count). The van der Waals surface area contributed by atoms with Crippen molar-refractivity contribution >= 4 is 0 Å². The van der Waals surface area contributed by atoms with Crippen molar-refractivity contribution in [2.24, 2.45) is 0 Å². The normalized spacial score (nSPS) is 10.1. The van der Waals surface area contributed by atoms with Crippen LogP contribution in [0.25, 0.3) is 0 Å². The summed E-state index contributed by atoms with van der Waals surface area (Å²) in [7, 11) is 1.64. The zero-order chi connectivity index (χ0) is 11.1. The Kier molecular flexibility index (Phi) is 4.98. The highest BCUT2D eigenvalue weighted by molar-refractivity contribution is 5.46. The van der Waals surface area contributed by atoms with Gasteiger partial charge in [-0.3, -0.25) is 0 Å². The topological polar surface area (TPSA) is 38.7 Å². The van der Waals surface area contributed by atoms with Crippen molar-refractivity contribution in [1.82, 2.24) is 0 Å². The second-order valence-corrected chi connectivity index (χ2v) is 3.21. The molecule has 0 saturated carbocycles. The molecule has 0 bridgehead atoms. The molecule has 0 fully saturated rings. The second kappa shape index (κ2) is 6.30. The summed E-state index contributed by atoms with van der Waals surface area (Å²) in [4.78, 5) is 0. The summed E-state index contributed by atoms with van der Waals surface area (Å²) in [6, 6.07) is 5.84. The summed E-state index contributed by atoms with van der Waals surface area (Å²) < 4.78 is 10.8. The number of ether oxygens (including phenoxy) is 2. The van der Waals surface area contributed by atoms with Gasteiger partial charge in [0.25, 0.3) is 0 Å². The van der Waals surface area contributed by atoms with Crippen LogP contribution in [0.4, 0.5) is 0 Å². The SMILES string of the molecule is CCOc1cccc(CCCO)c1OC. The summed E-state index contributed by atoms with van der Waals surface area (Å²) in [6.07, 6.45) is 1.55. The maximum atomic E-state index is 8.79. The molecule has 0 atom stereocenters. The highest BCUT2D eigenvalue weighted by Crippen LogP contribution is 2.31. The van der Waals surface area contributed by atoms with Crippen LogP contribution in [-0.4, -0.2) is 25.4 Å². The summed E-state index contributed by atoms with van der Waals surface area (Å²) in [6.45, 7) is 2.77. The Labute approximate surface area is 90.6 Å². The summed E-state index contributed by atoms with van der Waals surface area (Å²) in [5.41, 5.74) is 1.08. The van der Waals surface area contributed by atoms with Gasteiger partial charge in [-0.1, -0.05) is 12.1 Å². The average molecular weight is 210 g/mol. The largest absolute Gasteiger partial charge is 0.493 e. The van der Waals surface area contributed by atoms with E-state index >= 15 is 0 Å². The minimum Gasteiger partial charge on any atom is -0.493 e. The molecule has 84 valence electrons. The fraction of sp³-hybridized carbons (Fsp3) is 0.500. The molecule has 0 aromatic heterocycles. The van der Waals surface area contributed by atoms with E-state index in [9.17, 15) is 0 Å². The molecule has 15 heavy (non-hydrogen) atoms. The van der Waals surface area contributed by atoms with Crippen molar-refractivity contribution in [1.29, 1.82) is 0 Å². The molecule has 1 aromatic carbocycles. The first kappa shape index (κ1) is 11.9. The van der Waals surface area contributed by atoms with E-state index in [0.717, 1.165) is 29.9 Å². The Balaban J connectivity index is 2.88. The standard InChI is InChI=1S/C12H18O3/c1-3-15-11-8-4-6-10(7-5-9-13)12(11)14-2/h4,6,8,13H,3,5,7,9H2,1-2H3. The molecule has 0 aliphatic carbocycles. The lowest BCUT2D eigenvalue weighted by molar-refractivity contribution is 0.285. The summed E-state index contributed by atoms with van der Waals surface area (Å²) >= 11 is 0. The van der Waals surface area contributed by atoms with Crippen LogP contribution in [0.1, 0.15) is 18.9 Å². The maximum absolute atomic E-state index is 8.79. The predicted molar refractivity (Wildman–Crippen MR) is 59.6 cm³/mol. The Morgan fingerprint density at radius 3 is 2.73 bits per heavy atom. The third-order valence-electron chi connectivity index (χ3n) is 2.17. The number of rotatable bonds is 6. The van der Waals surface area contributed by atoms with E-state index in [1.807, 2.05) is 25.1 Å². The zero-order valence-corrected chi connectivity index (χ0v) is 9.32. The van der Waals surface area contributed by atoms with Gasteiger partial charge in [0, 0.05) is 6.61 Å². The van der Waals surface area contributed by atoms with E-state index in [4.69, 9.17) is 14.6 Å². The quantitative estimate of drug-likeness (QED) is 0.780. The summed E-state index contributed by atoms with van der Waals surface area (Å²) in [5, 5.41) is 8.79. The molecule has 1 N–H and O–H groups in total. The van der Waals surface area contributed by atoms with Gasteiger partial charge >= 0.3 is 0 Å². The van der Waals surface area contributed by atoms with E-state index in [1.165, 1.54) is 0 Å². The monoisotopic (exact) mass is 210 g/mol. The van der Waals surface area contributed by atoms with Gasteiger partial charge in [-0.2, -0.15) is 0 Å². The Hall–Kier alpha value is -1.22. The molecule has 0 aliphatic rings. The third kappa shape index (κ3) is 3.13. The molecular formula is C12H18O3. The minimum absolute atomic E-state index is 0.196. The van der Waals surface area contributed by atoms with Crippen LogP contribution in [0.5, 0.6) is 11.5 Å². The van der Waals surface area contributed by atoms with Crippen molar-refractivity contribution in [3.8, 4) is 11.5 Å². The van der Waals surface area contributed by atoms with Gasteiger partial charge in [-0.15, -0.1) is 0 Å². The van der Waals surface area contributed by atoms with Crippen LogP contribution in [0.2, 0.25) is 0 Å². The van der Waals surface area contributed by atoms with E-state index in [-0.39, 0.29) is 6.61 Å². The average Bonchev–Trinajstić information content (AvgIpc) is 2.27. The number of hydrogen-bond acceptors (Lipinski definition) is 3. The van der Waals surface area contributed by atoms with Crippen molar-refractivity contribution in [3.05, 3.63) is 23.8 Å². The molecule has 0 heterocycles. The molecule has 3 heteroatoms. The predicted octanol–water partition coefficient (Wildman–Crippen LogP) is 2.02. The first-order valence-electron chi connectivity index (χ1n) is 5.23.